The number of carbonyl (C=O) groups is 2. The van der Waals surface area contributed by atoms with Gasteiger partial charge in [-0.2, -0.15) is 0 Å². The second-order valence-corrected chi connectivity index (χ2v) is 5.94. The van der Waals surface area contributed by atoms with Gasteiger partial charge < -0.3 is 15.8 Å². The third kappa shape index (κ3) is 4.55. The molecule has 0 fully saturated rings. The number of nitrogens with one attached hydrogen (secondary N) is 1. The number of pyridine rings is 1. The van der Waals surface area contributed by atoms with Crippen LogP contribution < -0.4 is 11.1 Å². The predicted octanol–water partition coefficient (Wildman–Crippen LogP) is 4.13. The van der Waals surface area contributed by atoms with Crippen molar-refractivity contribution >= 4 is 46.3 Å². The highest BCUT2D eigenvalue weighted by atomic mass is 35.5. The van der Waals surface area contributed by atoms with Crippen molar-refractivity contribution in [3.63, 3.8) is 0 Å². The first kappa shape index (κ1) is 21.5. The minimum absolute atomic E-state index is 0.0368. The first-order valence-electron chi connectivity index (χ1n) is 7.59. The largest absolute Gasteiger partial charge is 0.462 e. The van der Waals surface area contributed by atoms with Crippen LogP contribution in [-0.4, -0.2) is 23.3 Å². The van der Waals surface area contributed by atoms with Crippen molar-refractivity contribution in [2.75, 3.05) is 17.7 Å². The maximum absolute atomic E-state index is 14.2. The van der Waals surface area contributed by atoms with Crippen LogP contribution in [0.25, 0.3) is 0 Å². The second kappa shape index (κ2) is 8.94. The van der Waals surface area contributed by atoms with Gasteiger partial charge in [-0.05, 0) is 19.1 Å². The topological polar surface area (TPSA) is 94.3 Å². The van der Waals surface area contributed by atoms with Crippen LogP contribution in [-0.2, 0) is 9.53 Å². The van der Waals surface area contributed by atoms with Crippen LogP contribution >= 0.6 is 23.2 Å². The molecule has 0 unspecified atom stereocenters. The molecule has 0 aliphatic heterocycles. The fourth-order valence-corrected chi connectivity index (χ4v) is 2.30. The summed E-state index contributed by atoms with van der Waals surface area (Å²) in [5.74, 6) is -7.13. The number of nitrogens with zero attached hydrogens (tertiary/aromatic N) is 1. The van der Waals surface area contributed by atoms with E-state index in [1.54, 1.807) is 0 Å². The summed E-state index contributed by atoms with van der Waals surface area (Å²) in [6.07, 6.45) is 2.14. The van der Waals surface area contributed by atoms with Gasteiger partial charge in [0.05, 0.1) is 29.7 Å². The van der Waals surface area contributed by atoms with E-state index >= 15 is 0 Å². The second-order valence-electron chi connectivity index (χ2n) is 5.20. The lowest BCUT2D eigenvalue weighted by Gasteiger charge is -2.10. The zero-order chi connectivity index (χ0) is 21.0. The van der Waals surface area contributed by atoms with E-state index in [-0.39, 0.29) is 23.1 Å². The molecule has 28 heavy (non-hydrogen) atoms. The zero-order valence-corrected chi connectivity index (χ0v) is 15.7. The molecule has 148 valence electrons. The Morgan fingerprint density at radius 3 is 2.54 bits per heavy atom. The van der Waals surface area contributed by atoms with Crippen molar-refractivity contribution in [1.29, 1.82) is 0 Å². The van der Waals surface area contributed by atoms with Crippen LogP contribution in [0.1, 0.15) is 17.3 Å². The number of rotatable bonds is 6. The number of anilines is 2. The lowest BCUT2D eigenvalue weighted by Crippen LogP contribution is -2.19. The Labute approximate surface area is 167 Å². The number of hydrogen-bond acceptors (Lipinski definition) is 6. The van der Waals surface area contributed by atoms with Gasteiger partial charge >= 0.3 is 5.97 Å². The number of hydrogen-bond donors (Lipinski definition) is 2. The average molecular weight is 434 g/mol. The molecule has 0 atom stereocenters. The van der Waals surface area contributed by atoms with Gasteiger partial charge in [0, 0.05) is 6.20 Å². The number of nitrogens with two attached hydrogens (primary N) is 1. The number of aromatic nitrogens is 1. The Balaban J connectivity index is 2.47. The van der Waals surface area contributed by atoms with Crippen molar-refractivity contribution in [3.05, 3.63) is 63.3 Å². The molecule has 0 aliphatic carbocycles. The van der Waals surface area contributed by atoms with Crippen LogP contribution in [0.15, 0.2) is 30.1 Å². The number of Topliss-reactive ketones (excluding diaryl/α,β-unsaturated/α-hetero) is 1. The summed E-state index contributed by atoms with van der Waals surface area (Å²) >= 11 is 11.1. The molecule has 6 nitrogen and oxygen atoms in total. The number of esters is 1. The van der Waals surface area contributed by atoms with Gasteiger partial charge in [0.25, 0.3) is 0 Å². The summed E-state index contributed by atoms with van der Waals surface area (Å²) in [5.41, 5.74) is 4.30. The van der Waals surface area contributed by atoms with Crippen LogP contribution in [0.5, 0.6) is 0 Å². The SMILES string of the molecule is CCOC(=O)/C(=C/Nc1cnc(Cl)c(N)c1)C(=O)c1cc(F)c(F)c(Cl)c1F. The fourth-order valence-electron chi connectivity index (χ4n) is 2.01. The summed E-state index contributed by atoms with van der Waals surface area (Å²) in [7, 11) is 0. The molecule has 0 saturated heterocycles. The average Bonchev–Trinajstić information content (AvgIpc) is 2.66. The van der Waals surface area contributed by atoms with Gasteiger partial charge in [0.2, 0.25) is 5.78 Å². The van der Waals surface area contributed by atoms with Gasteiger partial charge in [0.1, 0.15) is 10.6 Å². The lowest BCUT2D eigenvalue weighted by molar-refractivity contribution is -0.138. The highest BCUT2D eigenvalue weighted by Gasteiger charge is 2.28. The van der Waals surface area contributed by atoms with E-state index in [1.165, 1.54) is 19.2 Å². The molecule has 0 spiro atoms. The van der Waals surface area contributed by atoms with E-state index < -0.39 is 45.4 Å². The number of benzene rings is 1. The number of halogens is 5. The van der Waals surface area contributed by atoms with Gasteiger partial charge in [-0.15, -0.1) is 0 Å². The lowest BCUT2D eigenvalue weighted by atomic mass is 10.0. The summed E-state index contributed by atoms with van der Waals surface area (Å²) in [6, 6.07) is 1.65. The van der Waals surface area contributed by atoms with Crippen molar-refractivity contribution < 1.29 is 27.5 Å². The van der Waals surface area contributed by atoms with Gasteiger partial charge in [-0.25, -0.2) is 22.9 Å². The minimum Gasteiger partial charge on any atom is -0.462 e. The Kier molecular flexibility index (Phi) is 6.87. The van der Waals surface area contributed by atoms with Crippen molar-refractivity contribution in [1.82, 2.24) is 4.98 Å². The quantitative estimate of drug-likeness (QED) is 0.104. The predicted molar refractivity (Wildman–Crippen MR) is 97.7 cm³/mol. The molecule has 0 bridgehead atoms. The Morgan fingerprint density at radius 2 is 1.93 bits per heavy atom. The summed E-state index contributed by atoms with van der Waals surface area (Å²) in [5, 5.41) is 1.38. The van der Waals surface area contributed by atoms with E-state index in [0.29, 0.717) is 6.07 Å². The molecular weight excluding hydrogens is 422 g/mol. The van der Waals surface area contributed by atoms with Gasteiger partial charge in [-0.1, -0.05) is 23.2 Å². The molecule has 2 rings (SSSR count). The van der Waals surface area contributed by atoms with Crippen LogP contribution in [0.3, 0.4) is 0 Å². The number of ether oxygens (including phenoxy) is 1. The summed E-state index contributed by atoms with van der Waals surface area (Å²) in [6.45, 7) is 1.38. The maximum atomic E-state index is 14.2. The highest BCUT2D eigenvalue weighted by molar-refractivity contribution is 6.32. The van der Waals surface area contributed by atoms with Crippen molar-refractivity contribution in [2.45, 2.75) is 6.92 Å². The van der Waals surface area contributed by atoms with Crippen molar-refractivity contribution in [3.8, 4) is 0 Å². The number of carbonyl (C=O) groups excluding carboxylic acids is 2. The van der Waals surface area contributed by atoms with E-state index in [1.807, 2.05) is 0 Å². The number of nitrogen functional groups attached to an aromatic ring is 1. The summed E-state index contributed by atoms with van der Waals surface area (Å²) in [4.78, 5) is 28.5. The van der Waals surface area contributed by atoms with E-state index in [0.717, 1.165) is 6.20 Å². The first-order valence-corrected chi connectivity index (χ1v) is 8.35. The smallest absolute Gasteiger partial charge is 0.343 e. The Bertz CT molecular complexity index is 984. The molecule has 2 aromatic rings. The highest BCUT2D eigenvalue weighted by Crippen LogP contribution is 2.27. The molecule has 3 N–H and O–H groups in total. The van der Waals surface area contributed by atoms with Gasteiger partial charge in [-0.3, -0.25) is 4.79 Å². The third-order valence-electron chi connectivity index (χ3n) is 3.34. The molecular formula is C17H12Cl2F3N3O3. The van der Waals surface area contributed by atoms with Gasteiger partial charge in [0.15, 0.2) is 22.6 Å². The van der Waals surface area contributed by atoms with E-state index in [4.69, 9.17) is 33.7 Å². The Hall–Kier alpha value is -2.78. The normalized spacial score (nSPS) is 11.3. The minimum atomic E-state index is -1.65. The molecule has 0 amide bonds. The van der Waals surface area contributed by atoms with Crippen LogP contribution in [0.4, 0.5) is 24.5 Å². The van der Waals surface area contributed by atoms with Crippen molar-refractivity contribution in [2.24, 2.45) is 0 Å². The standard InChI is InChI=1S/C17H12Cl2F3N3O3/c1-2-28-17(27)9(6-24-7-3-11(23)16(19)25-5-7)15(26)8-4-10(20)14(22)12(18)13(8)21/h3-6,24H,2,23H2,1H3/b9-6+. The van der Waals surface area contributed by atoms with Crippen LogP contribution in [0, 0.1) is 17.5 Å². The molecule has 1 aromatic heterocycles. The zero-order valence-electron chi connectivity index (χ0n) is 14.2. The molecule has 1 aromatic carbocycles. The monoisotopic (exact) mass is 433 g/mol. The van der Waals surface area contributed by atoms with E-state index in [9.17, 15) is 22.8 Å². The third-order valence-corrected chi connectivity index (χ3v) is 3.98. The molecule has 1 heterocycles. The van der Waals surface area contributed by atoms with E-state index in [2.05, 4.69) is 10.3 Å². The van der Waals surface area contributed by atoms with Crippen LogP contribution in [0.2, 0.25) is 10.2 Å². The molecule has 0 saturated carbocycles. The molecule has 0 aliphatic rings. The molecule has 0 radical (unpaired) electrons. The summed E-state index contributed by atoms with van der Waals surface area (Å²) < 4.78 is 45.8. The fraction of sp³-hybridized carbons (Fsp3) is 0.118. The maximum Gasteiger partial charge on any atom is 0.343 e. The molecule has 11 heteroatoms. The Morgan fingerprint density at radius 1 is 1.25 bits per heavy atom. The first-order chi connectivity index (χ1) is 13.2. The number of ketones is 1.